The molecule has 1 aromatic rings. The molecule has 1 aliphatic carbocycles. The zero-order chi connectivity index (χ0) is 23.4. The number of alkyl halides is 3. The first-order valence-electron chi connectivity index (χ1n) is 9.46. The molecule has 0 radical (unpaired) electrons. The summed E-state index contributed by atoms with van der Waals surface area (Å²) < 4.78 is 33.2. The third-order valence-corrected chi connectivity index (χ3v) is 6.93. The number of phenolic OH excluding ortho intramolecular Hbond substituents is 1. The van der Waals surface area contributed by atoms with Gasteiger partial charge in [0, 0.05) is 44.5 Å². The quantitative estimate of drug-likeness (QED) is 0.354. The van der Waals surface area contributed by atoms with Crippen LogP contribution in [0.3, 0.4) is 0 Å². The van der Waals surface area contributed by atoms with Crippen LogP contribution in [0.15, 0.2) is 31.1 Å². The Kier molecular flexibility index (Phi) is 5.74. The minimum Gasteiger partial charge on any atom is -0.504 e. The van der Waals surface area contributed by atoms with Crippen molar-refractivity contribution < 1.29 is 33.3 Å². The van der Waals surface area contributed by atoms with Crippen molar-refractivity contribution in [2.24, 2.45) is 9.98 Å². The van der Waals surface area contributed by atoms with Crippen molar-refractivity contribution in [3.63, 3.8) is 0 Å². The van der Waals surface area contributed by atoms with Crippen molar-refractivity contribution in [3.05, 3.63) is 37.3 Å². The fraction of sp³-hybridized carbons (Fsp3) is 0.350. The number of nitrogens with one attached hydrogen (secondary N) is 1. The van der Waals surface area contributed by atoms with E-state index < -0.39 is 23.7 Å². The number of aliphatic hydroxyl groups excluding tert-OH is 1. The number of benzene rings is 1. The number of halogens is 5. The normalized spacial score (nSPS) is 24.9. The molecule has 0 unspecified atom stereocenters. The summed E-state index contributed by atoms with van der Waals surface area (Å²) in [5.74, 6) is -2.57. The summed E-state index contributed by atoms with van der Waals surface area (Å²) in [6, 6.07) is 0. The van der Waals surface area contributed by atoms with E-state index in [1.54, 1.807) is 0 Å². The molecule has 0 aromatic heterocycles. The van der Waals surface area contributed by atoms with Crippen molar-refractivity contribution in [2.45, 2.75) is 30.5 Å². The predicted molar refractivity (Wildman–Crippen MR) is 118 cm³/mol. The molecule has 7 nitrogen and oxygen atoms in total. The first-order chi connectivity index (χ1) is 15.0. The van der Waals surface area contributed by atoms with Crippen molar-refractivity contribution in [1.29, 1.82) is 0 Å². The van der Waals surface area contributed by atoms with Gasteiger partial charge in [0.05, 0.1) is 11.0 Å². The largest absolute Gasteiger partial charge is 0.504 e. The molecule has 12 heteroatoms. The van der Waals surface area contributed by atoms with Crippen LogP contribution in [-0.2, 0) is 10.2 Å². The lowest BCUT2D eigenvalue weighted by molar-refractivity contribution is -0.192. The fourth-order valence-electron chi connectivity index (χ4n) is 4.24. The number of aliphatic carboxylic acids is 1. The Morgan fingerprint density at radius 1 is 1.25 bits per heavy atom. The third-order valence-electron chi connectivity index (χ3n) is 5.60. The lowest BCUT2D eigenvalue weighted by atomic mass is 9.71. The Morgan fingerprint density at radius 2 is 1.88 bits per heavy atom. The second-order valence-electron chi connectivity index (χ2n) is 7.57. The number of carbonyl (C=O) groups is 1. The number of aliphatic hydroxyl groups is 1. The molecule has 3 aliphatic heterocycles. The monoisotopic (exact) mass is 577 g/mol. The molecule has 0 saturated heterocycles. The van der Waals surface area contributed by atoms with Crippen molar-refractivity contribution in [2.75, 3.05) is 18.4 Å². The molecule has 4 aliphatic rings. The van der Waals surface area contributed by atoms with Gasteiger partial charge >= 0.3 is 12.1 Å². The molecule has 0 bridgehead atoms. The first kappa shape index (κ1) is 23.0. The molecule has 1 aromatic carbocycles. The molecule has 0 amide bonds. The van der Waals surface area contributed by atoms with Crippen LogP contribution in [0.4, 0.5) is 24.5 Å². The van der Waals surface area contributed by atoms with Crippen LogP contribution >= 0.6 is 31.9 Å². The molecule has 0 atom stereocenters. The van der Waals surface area contributed by atoms with Crippen LogP contribution < -0.4 is 15.9 Å². The third kappa shape index (κ3) is 3.67. The summed E-state index contributed by atoms with van der Waals surface area (Å²) in [6.45, 7) is 1.43. The average molecular weight is 579 g/mol. The van der Waals surface area contributed by atoms with E-state index in [0.29, 0.717) is 17.9 Å². The highest BCUT2D eigenvalue weighted by atomic mass is 79.9. The van der Waals surface area contributed by atoms with E-state index in [1.807, 2.05) is 18.4 Å². The SMILES string of the molecule is O=C(O)C(F)(F)F.Oc1c2c(c3c4c1N=CC=4CCN=3)C1(C=C(Br)C(O)C(Br)=C1)CCN2. The number of allylic oxidation sites excluding steroid dienone is 2. The summed E-state index contributed by atoms with van der Waals surface area (Å²) >= 11 is 7.01. The van der Waals surface area contributed by atoms with Gasteiger partial charge in [-0.15, -0.1) is 0 Å². The van der Waals surface area contributed by atoms with E-state index in [2.05, 4.69) is 42.2 Å². The zero-order valence-corrected chi connectivity index (χ0v) is 19.3. The van der Waals surface area contributed by atoms with Crippen LogP contribution in [0.5, 0.6) is 5.75 Å². The number of aliphatic imine (C=N–C) groups is 1. The van der Waals surface area contributed by atoms with Crippen LogP contribution in [0.1, 0.15) is 18.4 Å². The molecule has 3 heterocycles. The maximum atomic E-state index is 10.9. The number of hydrogen-bond donors (Lipinski definition) is 4. The number of carboxylic acid groups (broad SMARTS) is 1. The zero-order valence-electron chi connectivity index (χ0n) is 16.2. The number of aromatic hydroxyl groups is 1. The second kappa shape index (κ2) is 7.99. The maximum Gasteiger partial charge on any atom is 0.490 e. The van der Waals surface area contributed by atoms with E-state index in [0.717, 1.165) is 50.1 Å². The molecular weight excluding hydrogens is 563 g/mol. The van der Waals surface area contributed by atoms with Gasteiger partial charge in [-0.2, -0.15) is 13.2 Å². The van der Waals surface area contributed by atoms with Gasteiger partial charge in [0.1, 0.15) is 11.8 Å². The summed E-state index contributed by atoms with van der Waals surface area (Å²) in [7, 11) is 0. The lowest BCUT2D eigenvalue weighted by Crippen LogP contribution is -2.45. The average Bonchev–Trinajstić information content (AvgIpc) is 3.15. The van der Waals surface area contributed by atoms with Gasteiger partial charge in [-0.05, 0) is 18.4 Å². The Hall–Kier alpha value is -2.18. The Morgan fingerprint density at radius 3 is 2.47 bits per heavy atom. The minimum absolute atomic E-state index is 0.191. The molecule has 32 heavy (non-hydrogen) atoms. The van der Waals surface area contributed by atoms with E-state index in [1.165, 1.54) is 0 Å². The van der Waals surface area contributed by atoms with Crippen LogP contribution in [-0.4, -0.2) is 52.9 Å². The predicted octanol–water partition coefficient (Wildman–Crippen LogP) is 2.90. The van der Waals surface area contributed by atoms with Gasteiger partial charge in [0.25, 0.3) is 0 Å². The standard InChI is InChI=1S/C18H15Br2N3O2.C2HF3O2/c19-9-5-18(6-10(20)16(9)24)2-4-22-15-12(18)13-11-8(1-3-21-13)7-23-14(11)17(15)25;3-2(4,5)1(6)7/h5-7,16,22,24-25H,1-4H2;(H,6,7). The molecule has 4 N–H and O–H groups in total. The van der Waals surface area contributed by atoms with Gasteiger partial charge in [-0.1, -0.05) is 44.0 Å². The van der Waals surface area contributed by atoms with Gasteiger partial charge in [-0.25, -0.2) is 4.79 Å². The molecule has 5 rings (SSSR count). The number of nitrogens with zero attached hydrogens (tertiary/aromatic N) is 2. The van der Waals surface area contributed by atoms with E-state index in [9.17, 15) is 23.4 Å². The highest BCUT2D eigenvalue weighted by Crippen LogP contribution is 2.49. The number of hydrogen-bond acceptors (Lipinski definition) is 6. The maximum absolute atomic E-state index is 10.9. The molecule has 1 spiro atoms. The van der Waals surface area contributed by atoms with Crippen LogP contribution in [0.2, 0.25) is 0 Å². The highest BCUT2D eigenvalue weighted by molar-refractivity contribution is 9.12. The summed E-state index contributed by atoms with van der Waals surface area (Å²) in [4.78, 5) is 18.1. The molecular formula is C20H16Br2F3N3O4. The van der Waals surface area contributed by atoms with Crippen molar-refractivity contribution >= 4 is 61.0 Å². The van der Waals surface area contributed by atoms with E-state index >= 15 is 0 Å². The number of carboxylic acids is 1. The Labute approximate surface area is 196 Å². The van der Waals surface area contributed by atoms with E-state index in [-0.39, 0.29) is 5.75 Å². The molecule has 170 valence electrons. The Balaban J connectivity index is 0.000000307. The second-order valence-corrected chi connectivity index (χ2v) is 9.40. The molecule has 0 saturated carbocycles. The number of rotatable bonds is 0. The highest BCUT2D eigenvalue weighted by Gasteiger charge is 2.42. The fourth-order valence-corrected chi connectivity index (χ4v) is 5.86. The lowest BCUT2D eigenvalue weighted by Gasteiger charge is -2.39. The number of fused-ring (bicyclic) bond motifs is 3. The van der Waals surface area contributed by atoms with E-state index in [4.69, 9.17) is 14.9 Å². The van der Waals surface area contributed by atoms with Crippen molar-refractivity contribution in [3.8, 4) is 5.75 Å². The van der Waals surface area contributed by atoms with Gasteiger partial charge in [0.15, 0.2) is 5.75 Å². The smallest absolute Gasteiger partial charge is 0.490 e. The van der Waals surface area contributed by atoms with Gasteiger partial charge in [-0.3, -0.25) is 9.98 Å². The topological polar surface area (TPSA) is 115 Å². The number of anilines is 1. The van der Waals surface area contributed by atoms with Gasteiger partial charge in [0.2, 0.25) is 0 Å². The van der Waals surface area contributed by atoms with Crippen LogP contribution in [0, 0.1) is 0 Å². The summed E-state index contributed by atoms with van der Waals surface area (Å²) in [5, 5.41) is 33.5. The first-order valence-corrected chi connectivity index (χ1v) is 11.0. The molecule has 0 fully saturated rings. The number of phenols is 1. The van der Waals surface area contributed by atoms with Crippen LogP contribution in [0.25, 0.3) is 5.57 Å². The van der Waals surface area contributed by atoms with Crippen molar-refractivity contribution in [1.82, 2.24) is 0 Å². The minimum atomic E-state index is -5.08. The summed E-state index contributed by atoms with van der Waals surface area (Å²) in [6.07, 6.45) is 1.83. The van der Waals surface area contributed by atoms with Gasteiger partial charge < -0.3 is 20.6 Å². The Bertz CT molecular complexity index is 1220. The summed E-state index contributed by atoms with van der Waals surface area (Å²) in [5.41, 5.74) is 3.00.